The van der Waals surface area contributed by atoms with Gasteiger partial charge in [0.1, 0.15) is 0 Å². The van der Waals surface area contributed by atoms with Crippen LogP contribution in [0, 0.1) is 11.8 Å². The second-order valence-electron chi connectivity index (χ2n) is 5.83. The fourth-order valence-corrected chi connectivity index (χ4v) is 3.37. The van der Waals surface area contributed by atoms with E-state index < -0.39 is 18.0 Å². The van der Waals surface area contributed by atoms with Gasteiger partial charge in [0.05, 0.1) is 5.92 Å². The molecule has 0 bridgehead atoms. The van der Waals surface area contributed by atoms with Gasteiger partial charge in [0.25, 0.3) is 0 Å². The molecule has 1 aliphatic rings. The van der Waals surface area contributed by atoms with Gasteiger partial charge in [0.2, 0.25) is 5.91 Å². The number of nitrogens with two attached hydrogens (primary N) is 1. The van der Waals surface area contributed by atoms with Gasteiger partial charge in [-0.15, -0.1) is 0 Å². The van der Waals surface area contributed by atoms with E-state index in [-0.39, 0.29) is 24.9 Å². The standard InChI is InChI=1S/C15H27F3N2O/c1-3-11(4-2)20(10-9-19)14(21)12-7-5-6-8-13(12)15(16,17)18/h11-13H,3-10,19H2,1-2H3. The molecule has 1 fully saturated rings. The van der Waals surface area contributed by atoms with Crippen LogP contribution in [0.2, 0.25) is 0 Å². The van der Waals surface area contributed by atoms with Crippen molar-refractivity contribution in [1.82, 2.24) is 4.90 Å². The predicted octanol–water partition coefficient (Wildman–Crippen LogP) is 3.33. The maximum atomic E-state index is 13.2. The molecule has 0 aliphatic heterocycles. The molecule has 0 aromatic carbocycles. The minimum atomic E-state index is -4.29. The number of carbonyl (C=O) groups excluding carboxylic acids is 1. The topological polar surface area (TPSA) is 46.3 Å². The van der Waals surface area contributed by atoms with E-state index in [1.165, 1.54) is 0 Å². The van der Waals surface area contributed by atoms with Gasteiger partial charge in [-0.25, -0.2) is 0 Å². The average molecular weight is 308 g/mol. The van der Waals surface area contributed by atoms with E-state index in [1.54, 1.807) is 4.90 Å². The first-order chi connectivity index (χ1) is 9.86. The van der Waals surface area contributed by atoms with E-state index in [1.807, 2.05) is 13.8 Å². The summed E-state index contributed by atoms with van der Waals surface area (Å²) in [4.78, 5) is 14.3. The third kappa shape index (κ3) is 4.59. The highest BCUT2D eigenvalue weighted by Crippen LogP contribution is 2.42. The molecule has 21 heavy (non-hydrogen) atoms. The molecule has 0 aromatic heterocycles. The molecular weight excluding hydrogens is 281 g/mol. The zero-order valence-electron chi connectivity index (χ0n) is 13.0. The normalized spacial score (nSPS) is 23.4. The molecule has 1 rings (SSSR count). The maximum Gasteiger partial charge on any atom is 0.392 e. The van der Waals surface area contributed by atoms with Crippen LogP contribution in [-0.4, -0.2) is 36.1 Å². The van der Waals surface area contributed by atoms with E-state index in [2.05, 4.69) is 0 Å². The van der Waals surface area contributed by atoms with Gasteiger partial charge in [-0.3, -0.25) is 4.79 Å². The number of alkyl halides is 3. The lowest BCUT2D eigenvalue weighted by Gasteiger charge is -2.38. The van der Waals surface area contributed by atoms with Crippen molar-refractivity contribution in [3.05, 3.63) is 0 Å². The molecule has 1 aliphatic carbocycles. The summed E-state index contributed by atoms with van der Waals surface area (Å²) >= 11 is 0. The lowest BCUT2D eigenvalue weighted by molar-refractivity contribution is -0.201. The van der Waals surface area contributed by atoms with Crippen molar-refractivity contribution in [2.24, 2.45) is 17.6 Å². The van der Waals surface area contributed by atoms with Crippen LogP contribution in [0.1, 0.15) is 52.4 Å². The molecule has 2 atom stereocenters. The highest BCUT2D eigenvalue weighted by molar-refractivity contribution is 5.79. The smallest absolute Gasteiger partial charge is 0.338 e. The molecule has 0 spiro atoms. The maximum absolute atomic E-state index is 13.2. The number of rotatable bonds is 6. The Balaban J connectivity index is 2.94. The van der Waals surface area contributed by atoms with Crippen molar-refractivity contribution >= 4 is 5.91 Å². The van der Waals surface area contributed by atoms with Crippen molar-refractivity contribution in [3.8, 4) is 0 Å². The number of nitrogens with zero attached hydrogens (tertiary/aromatic N) is 1. The minimum Gasteiger partial charge on any atom is -0.338 e. The quantitative estimate of drug-likeness (QED) is 0.818. The van der Waals surface area contributed by atoms with Crippen molar-refractivity contribution in [1.29, 1.82) is 0 Å². The third-order valence-corrected chi connectivity index (χ3v) is 4.54. The van der Waals surface area contributed by atoms with E-state index in [9.17, 15) is 18.0 Å². The SMILES string of the molecule is CCC(CC)N(CCN)C(=O)C1CCCCC1C(F)(F)F. The summed E-state index contributed by atoms with van der Waals surface area (Å²) in [5.41, 5.74) is 5.55. The van der Waals surface area contributed by atoms with Crippen molar-refractivity contribution < 1.29 is 18.0 Å². The van der Waals surface area contributed by atoms with Crippen LogP contribution in [0.3, 0.4) is 0 Å². The van der Waals surface area contributed by atoms with Gasteiger partial charge < -0.3 is 10.6 Å². The summed E-state index contributed by atoms with van der Waals surface area (Å²) in [5, 5.41) is 0. The minimum absolute atomic E-state index is 0.0168. The highest BCUT2D eigenvalue weighted by Gasteiger charge is 2.49. The molecule has 0 radical (unpaired) electrons. The first-order valence-corrected chi connectivity index (χ1v) is 7.94. The molecule has 0 heterocycles. The molecule has 3 nitrogen and oxygen atoms in total. The molecule has 124 valence electrons. The van der Waals surface area contributed by atoms with Crippen LogP contribution in [0.4, 0.5) is 13.2 Å². The van der Waals surface area contributed by atoms with Crippen LogP contribution in [-0.2, 0) is 4.79 Å². The predicted molar refractivity (Wildman–Crippen MR) is 76.6 cm³/mol. The Kier molecular flexibility index (Phi) is 6.97. The molecule has 2 unspecified atom stereocenters. The van der Waals surface area contributed by atoms with E-state index in [4.69, 9.17) is 5.73 Å². The third-order valence-electron chi connectivity index (χ3n) is 4.54. The Morgan fingerprint density at radius 1 is 1.24 bits per heavy atom. The number of hydrogen-bond acceptors (Lipinski definition) is 2. The lowest BCUT2D eigenvalue weighted by Crippen LogP contribution is -2.49. The molecule has 1 saturated carbocycles. The van der Waals surface area contributed by atoms with Crippen molar-refractivity contribution in [2.45, 2.75) is 64.6 Å². The Hall–Kier alpha value is -0.780. The molecular formula is C15H27F3N2O. The van der Waals surface area contributed by atoms with Gasteiger partial charge in [-0.05, 0) is 25.7 Å². The van der Waals surface area contributed by atoms with Gasteiger partial charge in [-0.1, -0.05) is 26.7 Å². The Bertz CT molecular complexity index is 329. The zero-order valence-corrected chi connectivity index (χ0v) is 13.0. The summed E-state index contributed by atoms with van der Waals surface area (Å²) in [6.07, 6.45) is -1.15. The van der Waals surface area contributed by atoms with Crippen molar-refractivity contribution in [2.75, 3.05) is 13.1 Å². The Morgan fingerprint density at radius 2 is 1.81 bits per heavy atom. The largest absolute Gasteiger partial charge is 0.392 e. The van der Waals surface area contributed by atoms with Crippen LogP contribution in [0.5, 0.6) is 0 Å². The van der Waals surface area contributed by atoms with Crippen LogP contribution >= 0.6 is 0 Å². The number of carbonyl (C=O) groups is 1. The van der Waals surface area contributed by atoms with Gasteiger partial charge in [0, 0.05) is 25.0 Å². The second-order valence-corrected chi connectivity index (χ2v) is 5.83. The van der Waals surface area contributed by atoms with E-state index in [0.717, 1.165) is 12.8 Å². The van der Waals surface area contributed by atoms with E-state index in [0.29, 0.717) is 25.8 Å². The van der Waals surface area contributed by atoms with Crippen molar-refractivity contribution in [3.63, 3.8) is 0 Å². The summed E-state index contributed by atoms with van der Waals surface area (Å²) in [7, 11) is 0. The molecule has 2 N–H and O–H groups in total. The lowest BCUT2D eigenvalue weighted by atomic mass is 9.77. The zero-order chi connectivity index (χ0) is 16.0. The average Bonchev–Trinajstić information content (AvgIpc) is 2.46. The molecule has 0 saturated heterocycles. The Morgan fingerprint density at radius 3 is 2.29 bits per heavy atom. The second kappa shape index (κ2) is 8.01. The Labute approximate surface area is 125 Å². The van der Waals surface area contributed by atoms with Crippen LogP contribution in [0.15, 0.2) is 0 Å². The first-order valence-electron chi connectivity index (χ1n) is 7.94. The monoisotopic (exact) mass is 308 g/mol. The van der Waals surface area contributed by atoms with Gasteiger partial charge in [0.15, 0.2) is 0 Å². The molecule has 1 amide bonds. The summed E-state index contributed by atoms with van der Waals surface area (Å²) in [6, 6.07) is -0.0168. The van der Waals surface area contributed by atoms with Crippen LogP contribution in [0.25, 0.3) is 0 Å². The number of hydrogen-bond donors (Lipinski definition) is 1. The van der Waals surface area contributed by atoms with E-state index >= 15 is 0 Å². The van der Waals surface area contributed by atoms with Gasteiger partial charge in [-0.2, -0.15) is 13.2 Å². The van der Waals surface area contributed by atoms with Crippen LogP contribution < -0.4 is 5.73 Å². The number of amides is 1. The first kappa shape index (κ1) is 18.3. The summed E-state index contributed by atoms with van der Waals surface area (Å²) in [6.45, 7) is 4.53. The number of halogens is 3. The summed E-state index contributed by atoms with van der Waals surface area (Å²) < 4.78 is 39.5. The highest BCUT2D eigenvalue weighted by atomic mass is 19.4. The summed E-state index contributed by atoms with van der Waals surface area (Å²) in [5.74, 6) is -2.77. The van der Waals surface area contributed by atoms with Gasteiger partial charge >= 0.3 is 6.18 Å². The fourth-order valence-electron chi connectivity index (χ4n) is 3.37. The molecule has 6 heteroatoms. The fraction of sp³-hybridized carbons (Fsp3) is 0.933. The molecule has 0 aromatic rings.